The van der Waals surface area contributed by atoms with Crippen molar-refractivity contribution >= 4 is 24.1 Å². The fourth-order valence-electron chi connectivity index (χ4n) is 4.37. The molecule has 2 aliphatic rings. The van der Waals surface area contributed by atoms with Crippen molar-refractivity contribution < 1.29 is 33.4 Å². The highest BCUT2D eigenvalue weighted by molar-refractivity contribution is 5.91. The number of rotatable bonds is 5. The third-order valence-corrected chi connectivity index (χ3v) is 5.73. The first-order chi connectivity index (χ1) is 16.0. The molecule has 2 bridgehead atoms. The van der Waals surface area contributed by atoms with Gasteiger partial charge >= 0.3 is 24.1 Å². The number of fused-ring (bicyclic) bond motifs is 2. The highest BCUT2D eigenvalue weighted by Gasteiger charge is 2.55. The van der Waals surface area contributed by atoms with Gasteiger partial charge in [-0.2, -0.15) is 0 Å². The zero-order valence-corrected chi connectivity index (χ0v) is 20.5. The summed E-state index contributed by atoms with van der Waals surface area (Å²) in [6.45, 7) is 9.09. The van der Waals surface area contributed by atoms with E-state index in [0.717, 1.165) is 5.56 Å². The van der Waals surface area contributed by atoms with E-state index in [0.29, 0.717) is 12.8 Å². The van der Waals surface area contributed by atoms with Crippen LogP contribution in [0.1, 0.15) is 59.4 Å². The predicted octanol–water partition coefficient (Wildman–Crippen LogP) is 3.89. The molecule has 0 aromatic heterocycles. The topological polar surface area (TPSA) is 102 Å². The van der Waals surface area contributed by atoms with Crippen molar-refractivity contribution in [3.05, 3.63) is 35.9 Å². The van der Waals surface area contributed by atoms with E-state index in [1.165, 1.54) is 9.80 Å². The van der Waals surface area contributed by atoms with Gasteiger partial charge in [-0.3, -0.25) is 14.6 Å². The quantitative estimate of drug-likeness (QED) is 0.362. The summed E-state index contributed by atoms with van der Waals surface area (Å²) in [6.07, 6.45) is -0.105. The summed E-state index contributed by atoms with van der Waals surface area (Å²) < 4.78 is 16.1. The fourth-order valence-corrected chi connectivity index (χ4v) is 4.37. The lowest BCUT2D eigenvalue weighted by atomic mass is 10.0. The Labute approximate surface area is 200 Å². The maximum absolute atomic E-state index is 13.1. The lowest BCUT2D eigenvalue weighted by molar-refractivity contribution is -0.166. The third-order valence-electron chi connectivity index (χ3n) is 5.73. The summed E-state index contributed by atoms with van der Waals surface area (Å²) in [5.74, 6) is -1.52. The van der Waals surface area contributed by atoms with E-state index in [9.17, 15) is 19.2 Å². The number of ether oxygens (including phenoxy) is 3. The van der Waals surface area contributed by atoms with Crippen LogP contribution in [0.2, 0.25) is 0 Å². The van der Waals surface area contributed by atoms with Crippen molar-refractivity contribution in [2.24, 2.45) is 5.92 Å². The molecule has 1 aromatic rings. The predicted molar refractivity (Wildman–Crippen MR) is 123 cm³/mol. The van der Waals surface area contributed by atoms with E-state index in [1.807, 2.05) is 44.2 Å². The van der Waals surface area contributed by atoms with Crippen molar-refractivity contribution in [3.63, 3.8) is 0 Å². The van der Waals surface area contributed by atoms with E-state index in [4.69, 9.17) is 14.2 Å². The maximum atomic E-state index is 13.1. The minimum atomic E-state index is -1.16. The lowest BCUT2D eigenvalue weighted by Gasteiger charge is -2.44. The number of amides is 2. The summed E-state index contributed by atoms with van der Waals surface area (Å²) in [5, 5.41) is 0. The van der Waals surface area contributed by atoms with Gasteiger partial charge in [-0.1, -0.05) is 44.2 Å². The summed E-state index contributed by atoms with van der Waals surface area (Å²) >= 11 is 0. The molecular formula is C25H34N2O7. The van der Waals surface area contributed by atoms with Crippen LogP contribution in [0, 0.1) is 5.92 Å². The molecule has 9 nitrogen and oxygen atoms in total. The standard InChI is InChI=1S/C25H34N2O7/c1-16(2)13-20(28)33-22(29)21-19-12-11-18(27(19)24(31)34-25(3,4)5)14-26(21)23(30)32-15-17-9-7-6-8-10-17/h6-10,16,18-19,21H,11-15H2,1-5H3/t18-,19+,21?/m1/s1. The molecule has 2 aliphatic heterocycles. The molecule has 3 rings (SSSR count). The van der Waals surface area contributed by atoms with Gasteiger partial charge in [0.2, 0.25) is 0 Å². The molecule has 186 valence electrons. The van der Waals surface area contributed by atoms with Gasteiger partial charge < -0.3 is 14.2 Å². The van der Waals surface area contributed by atoms with E-state index >= 15 is 0 Å². The van der Waals surface area contributed by atoms with Crippen molar-refractivity contribution in [2.75, 3.05) is 6.54 Å². The van der Waals surface area contributed by atoms with Crippen LogP contribution in [0.25, 0.3) is 0 Å². The summed E-state index contributed by atoms with van der Waals surface area (Å²) in [6, 6.07) is 7.04. The van der Waals surface area contributed by atoms with Crippen molar-refractivity contribution in [1.29, 1.82) is 0 Å². The smallest absolute Gasteiger partial charge is 0.410 e. The van der Waals surface area contributed by atoms with Crippen molar-refractivity contribution in [3.8, 4) is 0 Å². The lowest BCUT2D eigenvalue weighted by Crippen LogP contribution is -2.65. The first-order valence-corrected chi connectivity index (χ1v) is 11.7. The van der Waals surface area contributed by atoms with Gasteiger partial charge in [0, 0.05) is 13.0 Å². The van der Waals surface area contributed by atoms with E-state index in [1.54, 1.807) is 20.8 Å². The molecule has 1 unspecified atom stereocenters. The Bertz CT molecular complexity index is 910. The van der Waals surface area contributed by atoms with Crippen molar-refractivity contribution in [2.45, 2.75) is 84.2 Å². The minimum absolute atomic E-state index is 0.00715. The number of hydrogen-bond acceptors (Lipinski definition) is 7. The zero-order chi connectivity index (χ0) is 25.0. The molecule has 9 heteroatoms. The Morgan fingerprint density at radius 2 is 1.71 bits per heavy atom. The van der Waals surface area contributed by atoms with Gasteiger partial charge in [0.05, 0.1) is 12.1 Å². The number of benzene rings is 1. The van der Waals surface area contributed by atoms with E-state index in [-0.39, 0.29) is 31.5 Å². The first kappa shape index (κ1) is 25.5. The van der Waals surface area contributed by atoms with Gasteiger partial charge in [0.1, 0.15) is 12.2 Å². The number of hydrogen-bond donors (Lipinski definition) is 0. The number of carbonyl (C=O) groups excluding carboxylic acids is 4. The second-order valence-corrected chi connectivity index (χ2v) is 10.2. The summed E-state index contributed by atoms with van der Waals surface area (Å²) in [5.41, 5.74) is 0.0864. The van der Waals surface area contributed by atoms with Crippen LogP contribution in [-0.4, -0.2) is 64.2 Å². The van der Waals surface area contributed by atoms with Gasteiger partial charge in [0.15, 0.2) is 6.04 Å². The molecule has 2 heterocycles. The van der Waals surface area contributed by atoms with Crippen LogP contribution in [0.5, 0.6) is 0 Å². The second kappa shape index (κ2) is 10.4. The van der Waals surface area contributed by atoms with Crippen LogP contribution in [0.4, 0.5) is 9.59 Å². The molecule has 0 N–H and O–H groups in total. The molecule has 2 amide bonds. The Kier molecular flexibility index (Phi) is 7.84. The minimum Gasteiger partial charge on any atom is -0.445 e. The van der Waals surface area contributed by atoms with E-state index < -0.39 is 41.8 Å². The SMILES string of the molecule is CC(C)CC(=O)OC(=O)C1[C@@H]2CC[C@H](CN1C(=O)OCc1ccccc1)N2C(=O)OC(C)(C)C. The highest BCUT2D eigenvalue weighted by Crippen LogP contribution is 2.36. The average Bonchev–Trinajstić information content (AvgIpc) is 3.04. The zero-order valence-electron chi connectivity index (χ0n) is 20.5. The fraction of sp³-hybridized carbons (Fsp3) is 0.600. The number of likely N-dealkylation sites (tertiary alicyclic amines) is 1. The highest BCUT2D eigenvalue weighted by atomic mass is 16.6. The van der Waals surface area contributed by atoms with Crippen LogP contribution < -0.4 is 0 Å². The van der Waals surface area contributed by atoms with Crippen LogP contribution >= 0.6 is 0 Å². The third kappa shape index (κ3) is 6.27. The summed E-state index contributed by atoms with van der Waals surface area (Å²) in [4.78, 5) is 54.2. The number of nitrogens with zero attached hydrogens (tertiary/aromatic N) is 2. The van der Waals surface area contributed by atoms with Gasteiger partial charge in [-0.25, -0.2) is 14.4 Å². The van der Waals surface area contributed by atoms with Gasteiger partial charge in [-0.15, -0.1) is 0 Å². The molecule has 0 radical (unpaired) electrons. The number of esters is 2. The molecule has 0 aliphatic carbocycles. The van der Waals surface area contributed by atoms with E-state index in [2.05, 4.69) is 0 Å². The largest absolute Gasteiger partial charge is 0.445 e. The van der Waals surface area contributed by atoms with Crippen LogP contribution in [0.3, 0.4) is 0 Å². The molecule has 2 saturated heterocycles. The molecule has 1 aromatic carbocycles. The van der Waals surface area contributed by atoms with Crippen molar-refractivity contribution in [1.82, 2.24) is 9.80 Å². The monoisotopic (exact) mass is 474 g/mol. The van der Waals surface area contributed by atoms with Crippen LogP contribution in [-0.2, 0) is 30.4 Å². The normalized spacial score (nSPS) is 21.9. The Morgan fingerprint density at radius 1 is 1.03 bits per heavy atom. The maximum Gasteiger partial charge on any atom is 0.410 e. The molecule has 0 spiro atoms. The first-order valence-electron chi connectivity index (χ1n) is 11.7. The molecular weight excluding hydrogens is 440 g/mol. The van der Waals surface area contributed by atoms with Crippen LogP contribution in [0.15, 0.2) is 30.3 Å². The number of carbonyl (C=O) groups is 4. The number of piperazine rings is 1. The van der Waals surface area contributed by atoms with Gasteiger partial charge in [0.25, 0.3) is 0 Å². The molecule has 34 heavy (non-hydrogen) atoms. The molecule has 2 fully saturated rings. The Balaban J connectivity index is 1.81. The van der Waals surface area contributed by atoms with Gasteiger partial charge in [-0.05, 0) is 45.1 Å². The second-order valence-electron chi connectivity index (χ2n) is 10.2. The average molecular weight is 475 g/mol. The summed E-state index contributed by atoms with van der Waals surface area (Å²) in [7, 11) is 0. The Hall–Kier alpha value is -3.10. The molecule has 3 atom stereocenters. The molecule has 0 saturated carbocycles. The Morgan fingerprint density at radius 3 is 2.32 bits per heavy atom.